The van der Waals surface area contributed by atoms with Crippen LogP contribution in [0.1, 0.15) is 18.7 Å². The molecule has 1 heterocycles. The second-order valence-corrected chi connectivity index (χ2v) is 8.51. The highest BCUT2D eigenvalue weighted by Crippen LogP contribution is 2.22. The summed E-state index contributed by atoms with van der Waals surface area (Å²) in [5, 5.41) is 6.66. The number of hydrogen-bond acceptors (Lipinski definition) is 3. The molecule has 0 bridgehead atoms. The van der Waals surface area contributed by atoms with Crippen LogP contribution in [0, 0.1) is 0 Å². The van der Waals surface area contributed by atoms with Crippen LogP contribution in [0.4, 0.5) is 0 Å². The van der Waals surface area contributed by atoms with Crippen molar-refractivity contribution in [3.8, 4) is 0 Å². The third-order valence-corrected chi connectivity index (χ3v) is 5.39. The van der Waals surface area contributed by atoms with E-state index < -0.39 is 0 Å². The predicted octanol–water partition coefficient (Wildman–Crippen LogP) is 3.32. The minimum atomic E-state index is 0.212. The van der Waals surface area contributed by atoms with Gasteiger partial charge in [-0.15, -0.1) is 11.3 Å². The van der Waals surface area contributed by atoms with Gasteiger partial charge in [0, 0.05) is 23.2 Å². The van der Waals surface area contributed by atoms with Gasteiger partial charge in [0.15, 0.2) is 5.96 Å². The van der Waals surface area contributed by atoms with Crippen LogP contribution in [-0.4, -0.2) is 30.6 Å². The first-order chi connectivity index (χ1) is 8.46. The van der Waals surface area contributed by atoms with Gasteiger partial charge in [0.1, 0.15) is 0 Å². The summed E-state index contributed by atoms with van der Waals surface area (Å²) in [7, 11) is 1.80. The van der Waals surface area contributed by atoms with Gasteiger partial charge >= 0.3 is 0 Å². The van der Waals surface area contributed by atoms with Crippen molar-refractivity contribution in [2.24, 2.45) is 4.99 Å². The molecule has 0 saturated heterocycles. The highest BCUT2D eigenvalue weighted by Gasteiger charge is 2.16. The van der Waals surface area contributed by atoms with Crippen molar-refractivity contribution < 1.29 is 0 Å². The van der Waals surface area contributed by atoms with Crippen molar-refractivity contribution in [3.63, 3.8) is 0 Å². The lowest BCUT2D eigenvalue weighted by Crippen LogP contribution is -2.42. The third kappa shape index (κ3) is 5.63. The summed E-state index contributed by atoms with van der Waals surface area (Å²) in [6.07, 6.45) is 2.13. The Kier molecular flexibility index (Phi) is 6.52. The number of thiophene rings is 1. The monoisotopic (exact) mass is 349 g/mol. The second-order valence-electron chi connectivity index (χ2n) is 4.45. The van der Waals surface area contributed by atoms with Crippen LogP contribution in [0.25, 0.3) is 0 Å². The van der Waals surface area contributed by atoms with Crippen molar-refractivity contribution in [2.75, 3.05) is 19.8 Å². The number of hydrogen-bond donors (Lipinski definition) is 2. The third-order valence-electron chi connectivity index (χ3n) is 2.52. The number of halogens is 1. The van der Waals surface area contributed by atoms with Crippen LogP contribution in [-0.2, 0) is 6.54 Å². The molecule has 0 saturated carbocycles. The number of nitrogens with one attached hydrogen (secondary N) is 2. The first kappa shape index (κ1) is 15.9. The minimum absolute atomic E-state index is 0.212. The van der Waals surface area contributed by atoms with Gasteiger partial charge in [0.25, 0.3) is 0 Å². The van der Waals surface area contributed by atoms with Crippen molar-refractivity contribution in [1.82, 2.24) is 10.6 Å². The lowest BCUT2D eigenvalue weighted by molar-refractivity contribution is 0.665. The lowest BCUT2D eigenvalue weighted by Gasteiger charge is -2.23. The van der Waals surface area contributed by atoms with Gasteiger partial charge in [-0.1, -0.05) is 0 Å². The molecule has 0 radical (unpaired) electrons. The van der Waals surface area contributed by atoms with Gasteiger partial charge in [-0.3, -0.25) is 4.99 Å². The maximum Gasteiger partial charge on any atom is 0.191 e. The van der Waals surface area contributed by atoms with Crippen molar-refractivity contribution >= 4 is 45.0 Å². The summed E-state index contributed by atoms with van der Waals surface area (Å²) in [5.74, 6) is 0.849. The maximum atomic E-state index is 4.23. The number of rotatable bonds is 5. The summed E-state index contributed by atoms with van der Waals surface area (Å²) in [6.45, 7) is 6.13. The van der Waals surface area contributed by atoms with E-state index in [-0.39, 0.29) is 4.75 Å². The van der Waals surface area contributed by atoms with Gasteiger partial charge < -0.3 is 10.6 Å². The molecular weight excluding hydrogens is 330 g/mol. The molecule has 3 nitrogen and oxygen atoms in total. The summed E-state index contributed by atoms with van der Waals surface area (Å²) >= 11 is 7.05. The Labute approximate surface area is 126 Å². The summed E-state index contributed by atoms with van der Waals surface area (Å²) in [5.41, 5.74) is 0. The molecular formula is C12H20BrN3S2. The van der Waals surface area contributed by atoms with Gasteiger partial charge in [-0.2, -0.15) is 11.8 Å². The first-order valence-electron chi connectivity index (χ1n) is 5.71. The van der Waals surface area contributed by atoms with Gasteiger partial charge in [-0.25, -0.2) is 0 Å². The van der Waals surface area contributed by atoms with Gasteiger partial charge in [-0.05, 0) is 48.2 Å². The zero-order valence-corrected chi connectivity index (χ0v) is 14.4. The average Bonchev–Trinajstić information content (AvgIpc) is 2.75. The van der Waals surface area contributed by atoms with E-state index in [0.29, 0.717) is 0 Å². The zero-order chi connectivity index (χ0) is 13.6. The molecule has 1 aromatic rings. The fourth-order valence-electron chi connectivity index (χ4n) is 1.21. The van der Waals surface area contributed by atoms with Crippen LogP contribution in [0.2, 0.25) is 0 Å². The number of thioether (sulfide) groups is 1. The van der Waals surface area contributed by atoms with Crippen LogP contribution in [0.3, 0.4) is 0 Å². The molecule has 2 N–H and O–H groups in total. The first-order valence-corrected chi connectivity index (χ1v) is 8.54. The van der Waals surface area contributed by atoms with Gasteiger partial charge in [0.2, 0.25) is 0 Å². The summed E-state index contributed by atoms with van der Waals surface area (Å²) in [4.78, 5) is 5.51. The van der Waals surface area contributed by atoms with E-state index in [9.17, 15) is 0 Å². The van der Waals surface area contributed by atoms with Crippen molar-refractivity contribution in [2.45, 2.75) is 25.1 Å². The van der Waals surface area contributed by atoms with E-state index in [1.165, 1.54) is 4.88 Å². The molecule has 0 aliphatic rings. The Morgan fingerprint density at radius 3 is 2.67 bits per heavy atom. The normalized spacial score (nSPS) is 12.6. The topological polar surface area (TPSA) is 36.4 Å². The van der Waals surface area contributed by atoms with E-state index in [0.717, 1.165) is 22.8 Å². The van der Waals surface area contributed by atoms with E-state index in [2.05, 4.69) is 63.8 Å². The molecule has 0 atom stereocenters. The fraction of sp³-hybridized carbons (Fsp3) is 0.583. The molecule has 0 aliphatic heterocycles. The molecule has 0 amide bonds. The number of guanidine groups is 1. The van der Waals surface area contributed by atoms with Crippen molar-refractivity contribution in [3.05, 3.63) is 20.8 Å². The number of nitrogens with zero attached hydrogens (tertiary/aromatic N) is 1. The largest absolute Gasteiger partial charge is 0.355 e. The van der Waals surface area contributed by atoms with Crippen LogP contribution in [0.5, 0.6) is 0 Å². The fourth-order valence-corrected chi connectivity index (χ4v) is 2.85. The van der Waals surface area contributed by atoms with Crippen LogP contribution in [0.15, 0.2) is 20.9 Å². The molecule has 1 aromatic heterocycles. The van der Waals surface area contributed by atoms with E-state index in [4.69, 9.17) is 0 Å². The van der Waals surface area contributed by atoms with E-state index in [1.807, 2.05) is 11.8 Å². The minimum Gasteiger partial charge on any atom is -0.355 e. The molecule has 102 valence electrons. The maximum absolute atomic E-state index is 4.23. The Morgan fingerprint density at radius 1 is 1.44 bits per heavy atom. The second kappa shape index (κ2) is 7.40. The molecule has 1 rings (SSSR count). The average molecular weight is 350 g/mol. The Balaban J connectivity index is 2.39. The molecule has 6 heteroatoms. The zero-order valence-electron chi connectivity index (χ0n) is 11.2. The highest BCUT2D eigenvalue weighted by atomic mass is 79.9. The van der Waals surface area contributed by atoms with Crippen LogP contribution < -0.4 is 10.6 Å². The Morgan fingerprint density at radius 2 is 2.17 bits per heavy atom. The molecule has 0 fully saturated rings. The lowest BCUT2D eigenvalue weighted by atomic mass is 10.2. The molecule has 0 spiro atoms. The summed E-state index contributed by atoms with van der Waals surface area (Å²) in [6, 6.07) is 4.18. The van der Waals surface area contributed by atoms with E-state index >= 15 is 0 Å². The Hall–Kier alpha value is -0.200. The quantitative estimate of drug-likeness (QED) is 0.632. The SMILES string of the molecule is CN=C(NCc1ccc(Br)s1)NCC(C)(C)SC. The smallest absolute Gasteiger partial charge is 0.191 e. The Bertz CT molecular complexity index is 402. The molecule has 18 heavy (non-hydrogen) atoms. The summed E-state index contributed by atoms with van der Waals surface area (Å²) < 4.78 is 1.37. The molecule has 0 unspecified atom stereocenters. The van der Waals surface area contributed by atoms with Gasteiger partial charge in [0.05, 0.1) is 10.3 Å². The standard InChI is InChI=1S/C12H20BrN3S2/c1-12(2,17-4)8-16-11(14-3)15-7-9-5-6-10(13)18-9/h5-6H,7-8H2,1-4H3,(H2,14,15,16). The molecule has 0 aromatic carbocycles. The van der Waals surface area contributed by atoms with Crippen molar-refractivity contribution in [1.29, 1.82) is 0 Å². The van der Waals surface area contributed by atoms with E-state index in [1.54, 1.807) is 18.4 Å². The highest BCUT2D eigenvalue weighted by molar-refractivity contribution is 9.11. The predicted molar refractivity (Wildman–Crippen MR) is 87.8 cm³/mol. The number of aliphatic imine (C=N–C) groups is 1. The molecule has 0 aliphatic carbocycles. The van der Waals surface area contributed by atoms with Crippen LogP contribution >= 0.6 is 39.0 Å².